The van der Waals surface area contributed by atoms with Crippen LogP contribution in [-0.4, -0.2) is 29.8 Å². The molecule has 2 heterocycles. The second-order valence-corrected chi connectivity index (χ2v) is 5.53. The van der Waals surface area contributed by atoms with Gasteiger partial charge in [0.25, 0.3) is 0 Å². The lowest BCUT2D eigenvalue weighted by Gasteiger charge is -2.23. The van der Waals surface area contributed by atoms with E-state index in [0.29, 0.717) is 24.4 Å². The van der Waals surface area contributed by atoms with Crippen LogP contribution in [0, 0.1) is 0 Å². The van der Waals surface area contributed by atoms with Crippen LogP contribution in [0.15, 0.2) is 35.1 Å². The molecule has 0 unspecified atom stereocenters. The van der Waals surface area contributed by atoms with Crippen molar-refractivity contribution < 1.29 is 9.53 Å². The summed E-state index contributed by atoms with van der Waals surface area (Å²) in [6, 6.07) is 8.25. The number of carbonyl (C=O) groups excluding carboxylic acids is 1. The van der Waals surface area contributed by atoms with Gasteiger partial charge in [0.05, 0.1) is 23.3 Å². The largest absolute Gasteiger partial charge is 0.379 e. The van der Waals surface area contributed by atoms with Crippen molar-refractivity contribution in [3.8, 4) is 0 Å². The van der Waals surface area contributed by atoms with Gasteiger partial charge in [-0.05, 0) is 31.5 Å². The van der Waals surface area contributed by atoms with E-state index in [4.69, 9.17) is 4.74 Å². The summed E-state index contributed by atoms with van der Waals surface area (Å²) >= 11 is 0. The van der Waals surface area contributed by atoms with Gasteiger partial charge < -0.3 is 20.4 Å². The van der Waals surface area contributed by atoms with E-state index in [9.17, 15) is 9.59 Å². The Labute approximate surface area is 121 Å². The maximum Gasteiger partial charge on any atom is 0.319 e. The minimum Gasteiger partial charge on any atom is -0.379 e. The number of H-pyrrole nitrogens is 1. The van der Waals surface area contributed by atoms with Gasteiger partial charge in [-0.15, -0.1) is 0 Å². The summed E-state index contributed by atoms with van der Waals surface area (Å²) in [4.78, 5) is 26.2. The highest BCUT2D eigenvalue weighted by atomic mass is 16.5. The van der Waals surface area contributed by atoms with Crippen molar-refractivity contribution in [3.63, 3.8) is 0 Å². The zero-order chi connectivity index (χ0) is 14.9. The van der Waals surface area contributed by atoms with E-state index < -0.39 is 0 Å². The molecule has 1 aromatic carbocycles. The van der Waals surface area contributed by atoms with Crippen LogP contribution in [0.1, 0.15) is 13.3 Å². The van der Waals surface area contributed by atoms with E-state index in [2.05, 4.69) is 15.6 Å². The first kappa shape index (κ1) is 13.6. The highest BCUT2D eigenvalue weighted by molar-refractivity contribution is 6.00. The standard InChI is InChI=1S/C15H17N3O3/c1-15(7-8-21-9-15)18-14(20)17-12-4-2-3-11-10(12)5-6-13(19)16-11/h2-6H,7-9H2,1H3,(H,16,19)(H2,17,18,20)/t15-/m0/s1. The number of nitrogens with one attached hydrogen (secondary N) is 3. The molecule has 1 fully saturated rings. The minimum absolute atomic E-state index is 0.167. The highest BCUT2D eigenvalue weighted by Gasteiger charge is 2.31. The Kier molecular flexibility index (Phi) is 3.39. The lowest BCUT2D eigenvalue weighted by atomic mass is 10.0. The number of amides is 2. The summed E-state index contributed by atoms with van der Waals surface area (Å²) in [7, 11) is 0. The molecular formula is C15H17N3O3. The van der Waals surface area contributed by atoms with Gasteiger partial charge >= 0.3 is 6.03 Å². The lowest BCUT2D eigenvalue weighted by Crippen LogP contribution is -2.48. The third-order valence-electron chi connectivity index (χ3n) is 3.65. The van der Waals surface area contributed by atoms with Crippen molar-refractivity contribution in [1.29, 1.82) is 0 Å². The summed E-state index contributed by atoms with van der Waals surface area (Å²) in [5.74, 6) is 0. The first-order chi connectivity index (χ1) is 10.1. The molecule has 1 atom stereocenters. The van der Waals surface area contributed by atoms with Gasteiger partial charge in [0.1, 0.15) is 0 Å². The second kappa shape index (κ2) is 5.21. The summed E-state index contributed by atoms with van der Waals surface area (Å²) in [6.45, 7) is 3.13. The van der Waals surface area contributed by atoms with Crippen molar-refractivity contribution in [3.05, 3.63) is 40.7 Å². The number of benzene rings is 1. The number of urea groups is 1. The van der Waals surface area contributed by atoms with E-state index in [1.807, 2.05) is 6.92 Å². The molecule has 1 aliphatic heterocycles. The van der Waals surface area contributed by atoms with E-state index in [1.54, 1.807) is 24.3 Å². The quantitative estimate of drug-likeness (QED) is 0.788. The fraction of sp³-hybridized carbons (Fsp3) is 0.333. The molecule has 1 saturated heterocycles. The number of carbonyl (C=O) groups is 1. The molecule has 3 N–H and O–H groups in total. The van der Waals surface area contributed by atoms with E-state index in [-0.39, 0.29) is 17.1 Å². The monoisotopic (exact) mass is 287 g/mol. The Morgan fingerprint density at radius 3 is 2.95 bits per heavy atom. The van der Waals surface area contributed by atoms with Gasteiger partial charge in [-0.3, -0.25) is 4.79 Å². The number of fused-ring (bicyclic) bond motifs is 1. The predicted octanol–water partition coefficient (Wildman–Crippen LogP) is 1.83. The maximum atomic E-state index is 12.1. The van der Waals surface area contributed by atoms with Crippen LogP contribution < -0.4 is 16.2 Å². The van der Waals surface area contributed by atoms with Gasteiger partial charge in [0.15, 0.2) is 0 Å². The number of rotatable bonds is 2. The summed E-state index contributed by atoms with van der Waals surface area (Å²) in [5, 5.41) is 6.55. The molecule has 0 aliphatic carbocycles. The second-order valence-electron chi connectivity index (χ2n) is 5.53. The number of ether oxygens (including phenoxy) is 1. The van der Waals surface area contributed by atoms with Crippen LogP contribution in [0.5, 0.6) is 0 Å². The number of hydrogen-bond donors (Lipinski definition) is 3. The molecule has 1 aliphatic rings. The SMILES string of the molecule is C[C@]1(NC(=O)Nc2cccc3[nH]c(=O)ccc23)CCOC1. The minimum atomic E-state index is -0.330. The predicted molar refractivity (Wildman–Crippen MR) is 80.6 cm³/mol. The average Bonchev–Trinajstić information content (AvgIpc) is 2.84. The third kappa shape index (κ3) is 2.90. The number of pyridine rings is 1. The number of hydrogen-bond acceptors (Lipinski definition) is 3. The fourth-order valence-electron chi connectivity index (χ4n) is 2.49. The zero-order valence-electron chi connectivity index (χ0n) is 11.7. The zero-order valence-corrected chi connectivity index (χ0v) is 11.7. The molecule has 0 spiro atoms. The molecule has 3 rings (SSSR count). The van der Waals surface area contributed by atoms with Crippen molar-refractivity contribution in [1.82, 2.24) is 10.3 Å². The number of aromatic amines is 1. The Morgan fingerprint density at radius 1 is 1.33 bits per heavy atom. The van der Waals surface area contributed by atoms with E-state index in [1.165, 1.54) is 6.07 Å². The Hall–Kier alpha value is -2.34. The van der Waals surface area contributed by atoms with Crippen molar-refractivity contribution >= 4 is 22.6 Å². The van der Waals surface area contributed by atoms with Crippen LogP contribution >= 0.6 is 0 Å². The molecule has 1 aromatic heterocycles. The summed E-state index contributed by atoms with van der Waals surface area (Å²) in [6.07, 6.45) is 0.795. The fourth-order valence-corrected chi connectivity index (χ4v) is 2.49. The van der Waals surface area contributed by atoms with E-state index >= 15 is 0 Å². The molecule has 21 heavy (non-hydrogen) atoms. The Balaban J connectivity index is 1.81. The molecule has 0 bridgehead atoms. The van der Waals surface area contributed by atoms with Gasteiger partial charge in [-0.25, -0.2) is 4.79 Å². The molecule has 6 heteroatoms. The summed E-state index contributed by atoms with van der Waals surface area (Å²) in [5.41, 5.74) is 0.849. The average molecular weight is 287 g/mol. The number of anilines is 1. The van der Waals surface area contributed by atoms with Crippen LogP contribution in [-0.2, 0) is 4.74 Å². The number of aromatic nitrogens is 1. The molecule has 0 saturated carbocycles. The topological polar surface area (TPSA) is 83.2 Å². The van der Waals surface area contributed by atoms with Crippen molar-refractivity contribution in [2.45, 2.75) is 18.9 Å². The van der Waals surface area contributed by atoms with Crippen LogP contribution in [0.25, 0.3) is 10.9 Å². The van der Waals surface area contributed by atoms with Crippen LogP contribution in [0.4, 0.5) is 10.5 Å². The smallest absolute Gasteiger partial charge is 0.319 e. The van der Waals surface area contributed by atoms with Gasteiger partial charge in [-0.1, -0.05) is 6.07 Å². The molecule has 6 nitrogen and oxygen atoms in total. The van der Waals surface area contributed by atoms with Crippen molar-refractivity contribution in [2.24, 2.45) is 0 Å². The Bertz CT molecular complexity index is 732. The van der Waals surface area contributed by atoms with Crippen molar-refractivity contribution in [2.75, 3.05) is 18.5 Å². The summed E-state index contributed by atoms with van der Waals surface area (Å²) < 4.78 is 5.31. The maximum absolute atomic E-state index is 12.1. The first-order valence-electron chi connectivity index (χ1n) is 6.85. The normalized spacial score (nSPS) is 21.4. The van der Waals surface area contributed by atoms with Gasteiger partial charge in [0, 0.05) is 18.1 Å². The van der Waals surface area contributed by atoms with Gasteiger partial charge in [-0.2, -0.15) is 0 Å². The van der Waals surface area contributed by atoms with E-state index in [0.717, 1.165) is 11.8 Å². The highest BCUT2D eigenvalue weighted by Crippen LogP contribution is 2.21. The molecule has 0 radical (unpaired) electrons. The molecule has 2 amide bonds. The van der Waals surface area contributed by atoms with Crippen LogP contribution in [0.3, 0.4) is 0 Å². The third-order valence-corrected chi connectivity index (χ3v) is 3.65. The Morgan fingerprint density at radius 2 is 2.19 bits per heavy atom. The first-order valence-corrected chi connectivity index (χ1v) is 6.85. The molecule has 110 valence electrons. The molecular weight excluding hydrogens is 270 g/mol. The van der Waals surface area contributed by atoms with Gasteiger partial charge in [0.2, 0.25) is 5.56 Å². The van der Waals surface area contributed by atoms with Crippen LogP contribution in [0.2, 0.25) is 0 Å². The lowest BCUT2D eigenvalue weighted by molar-refractivity contribution is 0.172. The molecule has 2 aromatic rings.